The third-order valence-electron chi connectivity index (χ3n) is 2.83. The highest BCUT2D eigenvalue weighted by Gasteiger charge is 2.19. The maximum atomic E-state index is 11.3. The molecule has 0 aliphatic carbocycles. The van der Waals surface area contributed by atoms with E-state index in [9.17, 15) is 9.90 Å². The summed E-state index contributed by atoms with van der Waals surface area (Å²) in [5, 5.41) is 13.3. The Balaban J connectivity index is 2.59. The van der Waals surface area contributed by atoms with Crippen LogP contribution in [0.25, 0.3) is 10.1 Å². The van der Waals surface area contributed by atoms with Gasteiger partial charge in [0.1, 0.15) is 10.6 Å². The zero-order valence-electron chi connectivity index (χ0n) is 10.8. The van der Waals surface area contributed by atoms with Gasteiger partial charge in [-0.25, -0.2) is 4.79 Å². The first-order valence-corrected chi connectivity index (χ1v) is 6.69. The number of benzene rings is 1. The van der Waals surface area contributed by atoms with Crippen molar-refractivity contribution in [3.8, 4) is 5.75 Å². The maximum Gasteiger partial charge on any atom is 0.348 e. The largest absolute Gasteiger partial charge is 0.497 e. The number of carboxylic acids is 1. The smallest absolute Gasteiger partial charge is 0.348 e. The standard InChI is InChI=1S/C13H16N2O3S/c1-7(6-14)15-11-9-5-8(18-2)3-4-10(9)19-12(11)13(16)17/h3-5,7,15H,6,14H2,1-2H3,(H,16,17)/t7-/m1/s1. The van der Waals surface area contributed by atoms with Gasteiger partial charge in [-0.05, 0) is 25.1 Å². The average molecular weight is 280 g/mol. The van der Waals surface area contributed by atoms with Crippen LogP contribution in [0.1, 0.15) is 16.6 Å². The summed E-state index contributed by atoms with van der Waals surface area (Å²) in [7, 11) is 1.58. The van der Waals surface area contributed by atoms with Crippen molar-refractivity contribution in [2.45, 2.75) is 13.0 Å². The molecule has 6 heteroatoms. The minimum Gasteiger partial charge on any atom is -0.497 e. The van der Waals surface area contributed by atoms with Gasteiger partial charge in [0.2, 0.25) is 0 Å². The molecule has 0 spiro atoms. The molecule has 102 valence electrons. The van der Waals surface area contributed by atoms with Crippen LogP contribution in [0.2, 0.25) is 0 Å². The van der Waals surface area contributed by atoms with E-state index in [-0.39, 0.29) is 6.04 Å². The van der Waals surface area contributed by atoms with Crippen LogP contribution in [0, 0.1) is 0 Å². The highest BCUT2D eigenvalue weighted by Crippen LogP contribution is 2.38. The molecular formula is C13H16N2O3S. The van der Waals surface area contributed by atoms with Crippen LogP contribution in [0.15, 0.2) is 18.2 Å². The molecule has 0 radical (unpaired) electrons. The Bertz CT molecular complexity index is 609. The van der Waals surface area contributed by atoms with Gasteiger partial charge < -0.3 is 20.9 Å². The summed E-state index contributed by atoms with van der Waals surface area (Å²) >= 11 is 1.25. The number of ether oxygens (including phenoxy) is 1. The summed E-state index contributed by atoms with van der Waals surface area (Å²) in [5.41, 5.74) is 6.20. The fourth-order valence-corrected chi connectivity index (χ4v) is 2.79. The van der Waals surface area contributed by atoms with E-state index in [0.29, 0.717) is 22.9 Å². The van der Waals surface area contributed by atoms with Crippen molar-refractivity contribution < 1.29 is 14.6 Å². The number of hydrogen-bond donors (Lipinski definition) is 3. The zero-order chi connectivity index (χ0) is 14.0. The number of fused-ring (bicyclic) bond motifs is 1. The molecule has 0 bridgehead atoms. The molecule has 0 saturated carbocycles. The monoisotopic (exact) mass is 280 g/mol. The van der Waals surface area contributed by atoms with Crippen molar-refractivity contribution in [3.63, 3.8) is 0 Å². The molecule has 1 aromatic carbocycles. The Morgan fingerprint density at radius 3 is 2.89 bits per heavy atom. The van der Waals surface area contributed by atoms with Gasteiger partial charge in [-0.3, -0.25) is 0 Å². The van der Waals surface area contributed by atoms with Gasteiger partial charge in [-0.2, -0.15) is 0 Å². The number of carboxylic acid groups (broad SMARTS) is 1. The predicted molar refractivity (Wildman–Crippen MR) is 77.5 cm³/mol. The number of methoxy groups -OCH3 is 1. The van der Waals surface area contributed by atoms with E-state index < -0.39 is 5.97 Å². The molecule has 1 atom stereocenters. The number of nitrogens with one attached hydrogen (secondary N) is 1. The molecule has 0 aliphatic heterocycles. The lowest BCUT2D eigenvalue weighted by molar-refractivity contribution is 0.0703. The van der Waals surface area contributed by atoms with E-state index >= 15 is 0 Å². The van der Waals surface area contributed by atoms with Crippen molar-refractivity contribution >= 4 is 33.1 Å². The first-order chi connectivity index (χ1) is 9.06. The lowest BCUT2D eigenvalue weighted by Crippen LogP contribution is -2.25. The lowest BCUT2D eigenvalue weighted by Gasteiger charge is -2.13. The molecule has 1 aromatic heterocycles. The second-order valence-electron chi connectivity index (χ2n) is 4.25. The second-order valence-corrected chi connectivity index (χ2v) is 5.31. The van der Waals surface area contributed by atoms with Crippen molar-refractivity contribution in [1.29, 1.82) is 0 Å². The zero-order valence-corrected chi connectivity index (χ0v) is 11.6. The number of anilines is 1. The van der Waals surface area contributed by atoms with E-state index in [4.69, 9.17) is 10.5 Å². The Hall–Kier alpha value is -1.79. The molecule has 0 amide bonds. The minimum absolute atomic E-state index is 0.00195. The molecule has 5 nitrogen and oxygen atoms in total. The van der Waals surface area contributed by atoms with Crippen molar-refractivity contribution in [1.82, 2.24) is 0 Å². The molecule has 0 unspecified atom stereocenters. The Labute approximate surface area is 115 Å². The fraction of sp³-hybridized carbons (Fsp3) is 0.308. The van der Waals surface area contributed by atoms with Gasteiger partial charge in [0.25, 0.3) is 0 Å². The molecule has 0 fully saturated rings. The van der Waals surface area contributed by atoms with Crippen LogP contribution in [0.3, 0.4) is 0 Å². The summed E-state index contributed by atoms with van der Waals surface area (Å²) in [6.07, 6.45) is 0. The number of carbonyl (C=O) groups is 1. The van der Waals surface area contributed by atoms with E-state index in [0.717, 1.165) is 10.1 Å². The minimum atomic E-state index is -0.938. The molecule has 1 heterocycles. The Morgan fingerprint density at radius 2 is 2.32 bits per heavy atom. The Kier molecular flexibility index (Phi) is 3.92. The summed E-state index contributed by atoms with van der Waals surface area (Å²) in [5.74, 6) is -0.238. The number of aromatic carboxylic acids is 1. The van der Waals surface area contributed by atoms with Crippen LogP contribution < -0.4 is 15.8 Å². The van der Waals surface area contributed by atoms with Crippen molar-refractivity contribution in [2.24, 2.45) is 5.73 Å². The normalized spacial score (nSPS) is 12.4. The number of thiophene rings is 1. The van der Waals surface area contributed by atoms with Crippen LogP contribution in [-0.4, -0.2) is 30.8 Å². The van der Waals surface area contributed by atoms with Crippen LogP contribution in [0.5, 0.6) is 5.75 Å². The molecule has 19 heavy (non-hydrogen) atoms. The highest BCUT2D eigenvalue weighted by atomic mass is 32.1. The highest BCUT2D eigenvalue weighted by molar-refractivity contribution is 7.21. The van der Waals surface area contributed by atoms with Gasteiger partial charge in [-0.15, -0.1) is 11.3 Å². The summed E-state index contributed by atoms with van der Waals surface area (Å²) in [6.45, 7) is 2.34. The summed E-state index contributed by atoms with van der Waals surface area (Å²) in [6, 6.07) is 5.52. The van der Waals surface area contributed by atoms with Crippen LogP contribution >= 0.6 is 11.3 Å². The van der Waals surface area contributed by atoms with Crippen molar-refractivity contribution in [2.75, 3.05) is 19.0 Å². The van der Waals surface area contributed by atoms with E-state index in [2.05, 4.69) is 5.32 Å². The SMILES string of the molecule is COc1ccc2sc(C(=O)O)c(N[C@H](C)CN)c2c1. The van der Waals surface area contributed by atoms with Crippen molar-refractivity contribution in [3.05, 3.63) is 23.1 Å². The molecule has 2 rings (SSSR count). The first-order valence-electron chi connectivity index (χ1n) is 5.87. The summed E-state index contributed by atoms with van der Waals surface area (Å²) < 4.78 is 6.09. The van der Waals surface area contributed by atoms with Crippen LogP contribution in [-0.2, 0) is 0 Å². The molecule has 0 saturated heterocycles. The van der Waals surface area contributed by atoms with Gasteiger partial charge in [0.05, 0.1) is 12.8 Å². The third-order valence-corrected chi connectivity index (χ3v) is 3.99. The molecule has 0 aliphatic rings. The van der Waals surface area contributed by atoms with Crippen LogP contribution in [0.4, 0.5) is 5.69 Å². The number of rotatable bonds is 5. The molecule has 4 N–H and O–H groups in total. The summed E-state index contributed by atoms with van der Waals surface area (Å²) in [4.78, 5) is 11.6. The lowest BCUT2D eigenvalue weighted by atomic mass is 10.2. The molecular weight excluding hydrogens is 264 g/mol. The van der Waals surface area contributed by atoms with Gasteiger partial charge in [0, 0.05) is 22.7 Å². The second kappa shape index (κ2) is 5.46. The molecule has 2 aromatic rings. The van der Waals surface area contributed by atoms with E-state index in [1.165, 1.54) is 11.3 Å². The van der Waals surface area contributed by atoms with E-state index in [1.807, 2.05) is 25.1 Å². The first kappa shape index (κ1) is 13.6. The third kappa shape index (κ3) is 2.64. The van der Waals surface area contributed by atoms with E-state index in [1.54, 1.807) is 7.11 Å². The predicted octanol–water partition coefficient (Wildman–Crippen LogP) is 2.37. The van der Waals surface area contributed by atoms with Gasteiger partial charge in [-0.1, -0.05) is 0 Å². The topological polar surface area (TPSA) is 84.6 Å². The Morgan fingerprint density at radius 1 is 1.58 bits per heavy atom. The maximum absolute atomic E-state index is 11.3. The quantitative estimate of drug-likeness (QED) is 0.783. The number of nitrogens with two attached hydrogens (primary N) is 1. The number of hydrogen-bond acceptors (Lipinski definition) is 5. The van der Waals surface area contributed by atoms with Gasteiger partial charge >= 0.3 is 5.97 Å². The fourth-order valence-electron chi connectivity index (χ4n) is 1.80. The average Bonchev–Trinajstić information content (AvgIpc) is 2.76. The van der Waals surface area contributed by atoms with Gasteiger partial charge in [0.15, 0.2) is 0 Å².